The number of aromatic nitrogens is 1. The topological polar surface area (TPSA) is 224 Å². The van der Waals surface area contributed by atoms with Crippen molar-refractivity contribution in [2.24, 2.45) is 5.92 Å². The lowest BCUT2D eigenvalue weighted by Gasteiger charge is -2.28. The van der Waals surface area contributed by atoms with Gasteiger partial charge >= 0.3 is 5.97 Å². The predicted molar refractivity (Wildman–Crippen MR) is 266 cm³/mol. The zero-order valence-corrected chi connectivity index (χ0v) is 42.1. The van der Waals surface area contributed by atoms with E-state index in [1.165, 1.54) is 0 Å². The monoisotopic (exact) mass is 1000 g/mol. The van der Waals surface area contributed by atoms with Crippen LogP contribution in [0.25, 0.3) is 10.2 Å². The average molecular weight is 1000 g/mol. The Morgan fingerprint density at radius 2 is 1.24 bits per heavy atom. The Bertz CT molecular complexity index is 1950. The number of carboxylic acids is 1. The van der Waals surface area contributed by atoms with Crippen molar-refractivity contribution >= 4 is 56.8 Å². The number of hydrogen-bond donors (Lipinski definition) is 4. The van der Waals surface area contributed by atoms with Crippen molar-refractivity contribution in [1.82, 2.24) is 20.5 Å². The van der Waals surface area contributed by atoms with Gasteiger partial charge in [-0.25, -0.2) is 0 Å². The molecule has 0 radical (unpaired) electrons. The molecular weight excluding hydrogens is 927 g/mol. The van der Waals surface area contributed by atoms with Crippen LogP contribution in [0, 0.1) is 12.8 Å². The van der Waals surface area contributed by atoms with Crippen molar-refractivity contribution in [2.45, 2.75) is 84.2 Å². The molecule has 0 spiro atoms. The van der Waals surface area contributed by atoms with Crippen LogP contribution >= 0.6 is 11.3 Å². The van der Waals surface area contributed by atoms with Crippen LogP contribution in [0.15, 0.2) is 41.8 Å². The number of carboxylic acid groups (broad SMARTS) is 1. The van der Waals surface area contributed by atoms with E-state index in [-0.39, 0.29) is 55.2 Å². The van der Waals surface area contributed by atoms with Crippen LogP contribution in [0.4, 0.5) is 5.69 Å². The Kier molecular flexibility index (Phi) is 29.5. The Morgan fingerprint density at radius 3 is 1.80 bits per heavy atom. The highest BCUT2D eigenvalue weighted by molar-refractivity contribution is 7.17. The van der Waals surface area contributed by atoms with Crippen LogP contribution in [-0.4, -0.2) is 171 Å². The molecule has 0 saturated heterocycles. The van der Waals surface area contributed by atoms with E-state index in [0.717, 1.165) is 40.7 Å². The molecule has 3 aromatic rings. The summed E-state index contributed by atoms with van der Waals surface area (Å²) >= 11 is 1.54. The molecule has 0 atom stereocenters. The predicted octanol–water partition coefficient (Wildman–Crippen LogP) is 4.75. The van der Waals surface area contributed by atoms with Crippen LogP contribution in [0.2, 0.25) is 0 Å². The number of anilines is 1. The van der Waals surface area contributed by atoms with Crippen LogP contribution < -0.4 is 20.9 Å². The maximum absolute atomic E-state index is 13.7. The Hall–Kier alpha value is -4.51. The van der Waals surface area contributed by atoms with Gasteiger partial charge in [0.15, 0.2) is 0 Å². The van der Waals surface area contributed by atoms with Crippen molar-refractivity contribution in [1.29, 1.82) is 0 Å². The number of unbranched alkanes of at least 4 members (excludes halogenated alkanes) is 2. The lowest BCUT2D eigenvalue weighted by atomic mass is 9.85. The SMILES string of the molecule is CCN(C(=O)Cn1c(C(=O)NC2CCC(C(=O)NCCCCCC(=O)NCCOCCOCCOCCOCCOCCOCCOCCOCCC(=O)O)CC2)cc2sccc21)c1cccc(C)c1. The number of amides is 4. The number of benzene rings is 1. The zero-order chi connectivity index (χ0) is 50.0. The molecule has 1 aromatic carbocycles. The molecule has 1 fully saturated rings. The minimum absolute atomic E-state index is 0.0150. The number of carbonyl (C=O) groups is 5. The number of nitrogens with one attached hydrogen (secondary N) is 3. The van der Waals surface area contributed by atoms with Crippen molar-refractivity contribution in [3.63, 3.8) is 0 Å². The van der Waals surface area contributed by atoms with E-state index >= 15 is 0 Å². The summed E-state index contributed by atoms with van der Waals surface area (Å²) < 4.78 is 46.1. The third kappa shape index (κ3) is 23.6. The largest absolute Gasteiger partial charge is 0.481 e. The first-order valence-corrected chi connectivity index (χ1v) is 25.7. The number of aliphatic carboxylic acids is 1. The maximum Gasteiger partial charge on any atom is 0.305 e. The molecule has 70 heavy (non-hydrogen) atoms. The fourth-order valence-electron chi connectivity index (χ4n) is 7.71. The second-order valence-electron chi connectivity index (χ2n) is 16.8. The summed E-state index contributed by atoms with van der Waals surface area (Å²) in [7, 11) is 0. The number of carbonyl (C=O) groups excluding carboxylic acids is 4. The third-order valence-corrected chi connectivity index (χ3v) is 12.3. The van der Waals surface area contributed by atoms with Crippen LogP contribution in [0.1, 0.15) is 80.8 Å². The smallest absolute Gasteiger partial charge is 0.305 e. The highest BCUT2D eigenvalue weighted by Crippen LogP contribution is 2.28. The van der Waals surface area contributed by atoms with Gasteiger partial charge in [-0.3, -0.25) is 24.0 Å². The first kappa shape index (κ1) is 58.1. The van der Waals surface area contributed by atoms with E-state index < -0.39 is 5.97 Å². The van der Waals surface area contributed by atoms with E-state index in [4.69, 9.17) is 43.0 Å². The van der Waals surface area contributed by atoms with Crippen molar-refractivity contribution in [3.8, 4) is 0 Å². The molecule has 19 nitrogen and oxygen atoms in total. The molecule has 392 valence electrons. The molecule has 4 amide bonds. The molecule has 0 aliphatic heterocycles. The minimum atomic E-state index is -0.884. The Labute approximate surface area is 416 Å². The average Bonchev–Trinajstić information content (AvgIpc) is 3.95. The quantitative estimate of drug-likeness (QED) is 0.0565. The Morgan fingerprint density at radius 1 is 0.671 bits per heavy atom. The number of likely N-dealkylation sites (N-methyl/N-ethyl adjacent to an activating group) is 1. The second kappa shape index (κ2) is 35.6. The summed E-state index contributed by atoms with van der Waals surface area (Å²) in [6.45, 7) is 12.2. The molecule has 2 aromatic heterocycles. The van der Waals surface area contributed by atoms with Crippen LogP contribution in [0.3, 0.4) is 0 Å². The fourth-order valence-corrected chi connectivity index (χ4v) is 8.53. The van der Waals surface area contributed by atoms with E-state index in [2.05, 4.69) is 16.0 Å². The molecule has 1 aliphatic rings. The van der Waals surface area contributed by atoms with E-state index in [1.54, 1.807) is 16.2 Å². The lowest BCUT2D eigenvalue weighted by molar-refractivity contribution is -0.138. The van der Waals surface area contributed by atoms with Crippen molar-refractivity contribution < 1.29 is 67.0 Å². The van der Waals surface area contributed by atoms with Crippen molar-refractivity contribution in [3.05, 3.63) is 53.0 Å². The standard InChI is InChI=1S/C50H77N5O14S/c1-3-54(42-9-7-8-39(2)36-42)47(57)38-55-43-16-35-70-45(43)37-44(55)50(61)53-41-13-11-40(12-14-41)49(60)52-17-6-4-5-10-46(56)51-18-20-63-22-24-65-26-28-67-30-32-69-34-33-68-31-29-66-27-25-64-23-21-62-19-15-48(58)59/h7-9,16,35-37,40-41H,3-6,10-15,17-34,38H2,1-2H3,(H,51,56)(H,52,60)(H,53,61)(H,58,59). The summed E-state index contributed by atoms with van der Waals surface area (Å²) in [4.78, 5) is 64.6. The summed E-state index contributed by atoms with van der Waals surface area (Å²) in [5.41, 5.74) is 3.24. The van der Waals surface area contributed by atoms with Gasteiger partial charge in [-0.2, -0.15) is 0 Å². The number of fused-ring (bicyclic) bond motifs is 1. The van der Waals surface area contributed by atoms with Gasteiger partial charge in [0.2, 0.25) is 17.7 Å². The van der Waals surface area contributed by atoms with Crippen LogP contribution in [0.5, 0.6) is 0 Å². The maximum atomic E-state index is 13.7. The van der Waals surface area contributed by atoms with Gasteiger partial charge in [0.05, 0.1) is 122 Å². The normalized spacial score (nSPS) is 14.7. The van der Waals surface area contributed by atoms with Crippen LogP contribution in [-0.2, 0) is 63.6 Å². The van der Waals surface area contributed by atoms with E-state index in [9.17, 15) is 24.0 Å². The third-order valence-electron chi connectivity index (χ3n) is 11.4. The summed E-state index contributed by atoms with van der Waals surface area (Å²) in [6, 6.07) is 11.6. The Balaban J connectivity index is 0.897. The molecule has 1 saturated carbocycles. The highest BCUT2D eigenvalue weighted by Gasteiger charge is 2.29. The molecule has 0 bridgehead atoms. The molecule has 2 heterocycles. The molecule has 0 unspecified atom stereocenters. The minimum Gasteiger partial charge on any atom is -0.481 e. The highest BCUT2D eigenvalue weighted by atomic mass is 32.1. The number of aryl methyl sites for hydroxylation is 1. The van der Waals surface area contributed by atoms with Gasteiger partial charge in [-0.15, -0.1) is 11.3 Å². The van der Waals surface area contributed by atoms with Gasteiger partial charge in [0, 0.05) is 43.7 Å². The van der Waals surface area contributed by atoms with E-state index in [1.807, 2.05) is 60.2 Å². The molecular formula is C50H77N5O14S. The van der Waals surface area contributed by atoms with Gasteiger partial charge in [-0.05, 0) is 87.6 Å². The second-order valence-corrected chi connectivity index (χ2v) is 17.7. The molecule has 20 heteroatoms. The lowest BCUT2D eigenvalue weighted by Crippen LogP contribution is -2.42. The number of nitrogens with zero attached hydrogens (tertiary/aromatic N) is 2. The van der Waals surface area contributed by atoms with Gasteiger partial charge in [-0.1, -0.05) is 18.6 Å². The van der Waals surface area contributed by atoms with E-state index in [0.29, 0.717) is 157 Å². The zero-order valence-electron chi connectivity index (χ0n) is 41.3. The summed E-state index contributed by atoms with van der Waals surface area (Å²) in [6.07, 6.45) is 5.54. The first-order chi connectivity index (χ1) is 34.2. The van der Waals surface area contributed by atoms with Gasteiger partial charge in [0.25, 0.3) is 5.91 Å². The number of thiophene rings is 1. The fraction of sp³-hybridized carbons (Fsp3) is 0.660. The van der Waals surface area contributed by atoms with Gasteiger partial charge in [0.1, 0.15) is 12.2 Å². The van der Waals surface area contributed by atoms with Gasteiger partial charge < -0.3 is 68.4 Å². The molecule has 4 rings (SSSR count). The summed E-state index contributed by atoms with van der Waals surface area (Å²) in [5, 5.41) is 19.6. The number of hydrogen-bond acceptors (Lipinski definition) is 14. The molecule has 4 N–H and O–H groups in total. The van der Waals surface area contributed by atoms with Crippen molar-refractivity contribution in [2.75, 3.05) is 130 Å². The number of rotatable bonds is 40. The first-order valence-electron chi connectivity index (χ1n) is 24.8. The molecule has 1 aliphatic carbocycles. The number of ether oxygens (including phenoxy) is 8. The summed E-state index contributed by atoms with van der Waals surface area (Å²) in [5.74, 6) is -1.25.